The smallest absolute Gasteiger partial charge is 0.227 e. The summed E-state index contributed by atoms with van der Waals surface area (Å²) in [7, 11) is 0. The van der Waals surface area contributed by atoms with Gasteiger partial charge in [-0.05, 0) is 59.7 Å². The third kappa shape index (κ3) is 2.95. The van der Waals surface area contributed by atoms with Gasteiger partial charge in [0.1, 0.15) is 5.52 Å². The Morgan fingerprint density at radius 3 is 2.06 bits per heavy atom. The van der Waals surface area contributed by atoms with Crippen molar-refractivity contribution >= 4 is 32.9 Å². The molecular formula is C31H20N2O. The molecule has 0 unspecified atom stereocenters. The molecule has 160 valence electrons. The fourth-order valence-electron chi connectivity index (χ4n) is 4.81. The zero-order valence-electron chi connectivity index (χ0n) is 18.3. The lowest BCUT2D eigenvalue weighted by Gasteiger charge is -2.09. The number of rotatable bonds is 3. The Balaban J connectivity index is 1.36. The Kier molecular flexibility index (Phi) is 4.15. The van der Waals surface area contributed by atoms with Crippen molar-refractivity contribution in [2.75, 3.05) is 0 Å². The van der Waals surface area contributed by atoms with Crippen LogP contribution in [-0.2, 0) is 0 Å². The van der Waals surface area contributed by atoms with Gasteiger partial charge in [0.25, 0.3) is 0 Å². The second kappa shape index (κ2) is 7.46. The molecule has 0 atom stereocenters. The van der Waals surface area contributed by atoms with E-state index in [9.17, 15) is 0 Å². The molecule has 7 aromatic rings. The van der Waals surface area contributed by atoms with Crippen molar-refractivity contribution in [1.29, 1.82) is 0 Å². The molecule has 0 fully saturated rings. The third-order valence-electron chi connectivity index (χ3n) is 6.45. The van der Waals surface area contributed by atoms with Crippen molar-refractivity contribution in [2.45, 2.75) is 0 Å². The minimum Gasteiger partial charge on any atom is -0.436 e. The summed E-state index contributed by atoms with van der Waals surface area (Å²) in [4.78, 5) is 4.63. The Labute approximate surface area is 196 Å². The van der Waals surface area contributed by atoms with E-state index in [2.05, 4.69) is 107 Å². The van der Waals surface area contributed by atoms with Crippen LogP contribution < -0.4 is 0 Å². The third-order valence-corrected chi connectivity index (χ3v) is 6.45. The van der Waals surface area contributed by atoms with Crippen LogP contribution in [-0.4, -0.2) is 9.55 Å². The van der Waals surface area contributed by atoms with Crippen molar-refractivity contribution in [3.8, 4) is 28.3 Å². The fraction of sp³-hybridized carbons (Fsp3) is 0. The van der Waals surface area contributed by atoms with Gasteiger partial charge in [-0.3, -0.25) is 0 Å². The Bertz CT molecular complexity index is 1760. The van der Waals surface area contributed by atoms with Gasteiger partial charge in [-0.15, -0.1) is 0 Å². The number of oxazole rings is 1. The quantitative estimate of drug-likeness (QED) is 0.279. The van der Waals surface area contributed by atoms with Crippen molar-refractivity contribution in [3.05, 3.63) is 121 Å². The molecule has 0 N–H and O–H groups in total. The van der Waals surface area contributed by atoms with E-state index in [4.69, 9.17) is 4.42 Å². The van der Waals surface area contributed by atoms with Gasteiger partial charge in [-0.1, -0.05) is 72.8 Å². The monoisotopic (exact) mass is 436 g/mol. The summed E-state index contributed by atoms with van der Waals surface area (Å²) < 4.78 is 8.29. The number of para-hydroxylation sites is 4. The summed E-state index contributed by atoms with van der Waals surface area (Å²) in [5, 5.41) is 2.52. The van der Waals surface area contributed by atoms with Crippen LogP contribution in [0.25, 0.3) is 61.2 Å². The molecule has 0 aliphatic rings. The second-order valence-electron chi connectivity index (χ2n) is 8.48. The van der Waals surface area contributed by atoms with Crippen LogP contribution in [0.5, 0.6) is 0 Å². The average molecular weight is 437 g/mol. The average Bonchev–Trinajstić information content (AvgIpc) is 3.48. The van der Waals surface area contributed by atoms with E-state index in [-0.39, 0.29) is 0 Å². The standard InChI is InChI=1S/C31H20N2O/c1-2-8-24(9-3-1)33-28-12-6-4-10-25(28)26-19-18-23(20-29(26)33)21-14-16-22(17-15-21)31-32-27-11-5-7-13-30(27)34-31/h1-20H. The van der Waals surface area contributed by atoms with E-state index in [0.29, 0.717) is 5.89 Å². The highest BCUT2D eigenvalue weighted by molar-refractivity contribution is 6.10. The molecule has 5 aromatic carbocycles. The summed E-state index contributed by atoms with van der Waals surface area (Å²) in [6.07, 6.45) is 0. The molecule has 2 heterocycles. The van der Waals surface area contributed by atoms with Crippen molar-refractivity contribution in [1.82, 2.24) is 9.55 Å². The van der Waals surface area contributed by atoms with E-state index >= 15 is 0 Å². The van der Waals surface area contributed by atoms with Crippen LogP contribution in [0.3, 0.4) is 0 Å². The molecule has 0 saturated carbocycles. The number of hydrogen-bond donors (Lipinski definition) is 0. The molecule has 2 aromatic heterocycles. The van der Waals surface area contributed by atoms with Crippen molar-refractivity contribution in [3.63, 3.8) is 0 Å². The van der Waals surface area contributed by atoms with Gasteiger partial charge < -0.3 is 8.98 Å². The van der Waals surface area contributed by atoms with Gasteiger partial charge in [0.05, 0.1) is 11.0 Å². The number of nitrogens with zero attached hydrogens (tertiary/aromatic N) is 2. The van der Waals surface area contributed by atoms with Crippen molar-refractivity contribution < 1.29 is 4.42 Å². The highest BCUT2D eigenvalue weighted by Gasteiger charge is 2.13. The zero-order chi connectivity index (χ0) is 22.5. The molecule has 7 rings (SSSR count). The largest absolute Gasteiger partial charge is 0.436 e. The zero-order valence-corrected chi connectivity index (χ0v) is 18.3. The SMILES string of the molecule is c1ccc(-n2c3ccccc3c3ccc(-c4ccc(-c5nc6ccccc6o5)cc4)cc32)cc1. The van der Waals surface area contributed by atoms with Crippen LogP contribution >= 0.6 is 0 Å². The highest BCUT2D eigenvalue weighted by atomic mass is 16.3. The van der Waals surface area contributed by atoms with Crippen LogP contribution in [0.2, 0.25) is 0 Å². The lowest BCUT2D eigenvalue weighted by atomic mass is 10.0. The predicted molar refractivity (Wildman–Crippen MR) is 139 cm³/mol. The van der Waals surface area contributed by atoms with Gasteiger partial charge in [-0.25, -0.2) is 4.98 Å². The van der Waals surface area contributed by atoms with E-state index in [0.717, 1.165) is 27.9 Å². The van der Waals surface area contributed by atoms with Gasteiger partial charge in [0.15, 0.2) is 5.58 Å². The molecule has 0 amide bonds. The Morgan fingerprint density at radius 1 is 0.529 bits per heavy atom. The first-order chi connectivity index (χ1) is 16.8. The van der Waals surface area contributed by atoms with E-state index in [1.54, 1.807) is 0 Å². The summed E-state index contributed by atoms with van der Waals surface area (Å²) in [6, 6.07) is 42.2. The maximum Gasteiger partial charge on any atom is 0.227 e. The maximum absolute atomic E-state index is 5.94. The number of hydrogen-bond acceptors (Lipinski definition) is 2. The van der Waals surface area contributed by atoms with Gasteiger partial charge >= 0.3 is 0 Å². The highest BCUT2D eigenvalue weighted by Crippen LogP contribution is 2.35. The van der Waals surface area contributed by atoms with Gasteiger partial charge in [0, 0.05) is 22.0 Å². The summed E-state index contributed by atoms with van der Waals surface area (Å²) in [5.74, 6) is 0.646. The Morgan fingerprint density at radius 2 is 1.21 bits per heavy atom. The molecule has 0 saturated heterocycles. The molecule has 0 spiro atoms. The molecule has 3 nitrogen and oxygen atoms in total. The summed E-state index contributed by atoms with van der Waals surface area (Å²) in [6.45, 7) is 0. The molecule has 0 radical (unpaired) electrons. The van der Waals surface area contributed by atoms with Crippen LogP contribution in [0, 0.1) is 0 Å². The maximum atomic E-state index is 5.94. The second-order valence-corrected chi connectivity index (χ2v) is 8.48. The van der Waals surface area contributed by atoms with Gasteiger partial charge in [0.2, 0.25) is 5.89 Å². The first-order valence-corrected chi connectivity index (χ1v) is 11.4. The molecule has 34 heavy (non-hydrogen) atoms. The predicted octanol–water partition coefficient (Wildman–Crippen LogP) is 8.26. The first-order valence-electron chi connectivity index (χ1n) is 11.4. The first kappa shape index (κ1) is 18.9. The van der Waals surface area contributed by atoms with Crippen LogP contribution in [0.15, 0.2) is 126 Å². The number of aromatic nitrogens is 2. The van der Waals surface area contributed by atoms with E-state index in [1.807, 2.05) is 24.3 Å². The lowest BCUT2D eigenvalue weighted by Crippen LogP contribution is -1.93. The molecule has 3 heteroatoms. The van der Waals surface area contributed by atoms with E-state index in [1.165, 1.54) is 27.4 Å². The normalized spacial score (nSPS) is 11.5. The fourth-order valence-corrected chi connectivity index (χ4v) is 4.81. The van der Waals surface area contributed by atoms with E-state index < -0.39 is 0 Å². The van der Waals surface area contributed by atoms with Gasteiger partial charge in [-0.2, -0.15) is 0 Å². The lowest BCUT2D eigenvalue weighted by molar-refractivity contribution is 0.620. The molecule has 0 bridgehead atoms. The number of fused-ring (bicyclic) bond motifs is 4. The molecule has 0 aliphatic heterocycles. The van der Waals surface area contributed by atoms with Crippen LogP contribution in [0.1, 0.15) is 0 Å². The minimum absolute atomic E-state index is 0.646. The Hall–Kier alpha value is -4.63. The molecular weight excluding hydrogens is 416 g/mol. The topological polar surface area (TPSA) is 31.0 Å². The summed E-state index contributed by atoms with van der Waals surface area (Å²) in [5.41, 5.74) is 8.57. The number of benzene rings is 5. The summed E-state index contributed by atoms with van der Waals surface area (Å²) >= 11 is 0. The van der Waals surface area contributed by atoms with Crippen LogP contribution in [0.4, 0.5) is 0 Å². The minimum atomic E-state index is 0.646. The molecule has 0 aliphatic carbocycles. The van der Waals surface area contributed by atoms with Crippen molar-refractivity contribution in [2.24, 2.45) is 0 Å².